The van der Waals surface area contributed by atoms with Crippen LogP contribution in [0.5, 0.6) is 0 Å². The topological polar surface area (TPSA) is 34.1 Å². The summed E-state index contributed by atoms with van der Waals surface area (Å²) in [5, 5.41) is 0. The van der Waals surface area contributed by atoms with Gasteiger partial charge in [0, 0.05) is 0 Å². The van der Waals surface area contributed by atoms with Crippen molar-refractivity contribution in [3.8, 4) is 0 Å². The van der Waals surface area contributed by atoms with E-state index < -0.39 is 0 Å². The van der Waals surface area contributed by atoms with E-state index in [0.29, 0.717) is 0 Å². The van der Waals surface area contributed by atoms with Crippen LogP contribution < -0.4 is 0 Å². The van der Waals surface area contributed by atoms with E-state index in [0.717, 1.165) is 22.6 Å². The standard InChI is InChI=1S/C16H12O2SSe2/c17-15(20-11-5-1-2-6-11)13-9-10-14(19-13)16(18)21-12-7-3-4-8-12/h1-5,7,9-10H,6,8H2. The molecule has 5 heteroatoms. The normalized spacial score (nSPS) is 16.2. The van der Waals surface area contributed by atoms with E-state index in [4.69, 9.17) is 0 Å². The molecule has 0 unspecified atom stereocenters. The van der Waals surface area contributed by atoms with Crippen LogP contribution in [-0.4, -0.2) is 39.3 Å². The van der Waals surface area contributed by atoms with Crippen molar-refractivity contribution in [2.24, 2.45) is 0 Å². The number of carbonyl (C=O) groups is 2. The van der Waals surface area contributed by atoms with Crippen LogP contribution in [0.25, 0.3) is 0 Å². The van der Waals surface area contributed by atoms with Crippen molar-refractivity contribution in [3.05, 3.63) is 67.3 Å². The third-order valence-electron chi connectivity index (χ3n) is 2.93. The third kappa shape index (κ3) is 3.82. The van der Waals surface area contributed by atoms with Gasteiger partial charge in [-0.3, -0.25) is 0 Å². The van der Waals surface area contributed by atoms with Crippen LogP contribution in [0, 0.1) is 0 Å². The fraction of sp³-hybridized carbons (Fsp3) is 0.125. The minimum atomic E-state index is -0.141. The summed E-state index contributed by atoms with van der Waals surface area (Å²) in [6, 6.07) is 3.62. The maximum absolute atomic E-state index is 12.2. The van der Waals surface area contributed by atoms with E-state index in [1.54, 1.807) is 0 Å². The van der Waals surface area contributed by atoms with Crippen LogP contribution in [-0.2, 0) is 0 Å². The van der Waals surface area contributed by atoms with Crippen molar-refractivity contribution < 1.29 is 9.59 Å². The second-order valence-corrected chi connectivity index (χ2v) is 10.2. The molecule has 106 valence electrons. The number of hydrogen-bond donors (Lipinski definition) is 0. The predicted octanol–water partition coefficient (Wildman–Crippen LogP) is 3.12. The average Bonchev–Trinajstić information content (AvgIpc) is 3.21. The molecule has 3 rings (SSSR count). The molecule has 2 aliphatic carbocycles. The van der Waals surface area contributed by atoms with Gasteiger partial charge in [0.05, 0.1) is 0 Å². The molecule has 0 saturated heterocycles. The first-order valence-electron chi connectivity index (χ1n) is 6.48. The molecule has 21 heavy (non-hydrogen) atoms. The molecule has 0 amide bonds. The molecule has 0 spiro atoms. The second kappa shape index (κ2) is 6.87. The van der Waals surface area contributed by atoms with Crippen molar-refractivity contribution in [2.45, 2.75) is 12.8 Å². The van der Waals surface area contributed by atoms with Crippen LogP contribution in [0.3, 0.4) is 0 Å². The SMILES string of the molecule is O=C([Se]C1=CC=CC1)c1ccc(C(=O)[Se]C2=CC=CC2)s1. The summed E-state index contributed by atoms with van der Waals surface area (Å²) in [6.07, 6.45) is 14.0. The molecule has 2 aliphatic rings. The second-order valence-electron chi connectivity index (χ2n) is 4.47. The Kier molecular flexibility index (Phi) is 4.89. The Morgan fingerprint density at radius 3 is 1.71 bits per heavy atom. The van der Waals surface area contributed by atoms with E-state index >= 15 is 0 Å². The average molecular weight is 426 g/mol. The van der Waals surface area contributed by atoms with Crippen molar-refractivity contribution in [1.82, 2.24) is 0 Å². The zero-order valence-corrected chi connectivity index (χ0v) is 15.3. The summed E-state index contributed by atoms with van der Waals surface area (Å²) in [6.45, 7) is 0. The van der Waals surface area contributed by atoms with Crippen LogP contribution >= 0.6 is 11.3 Å². The molecule has 0 saturated carbocycles. The summed E-state index contributed by atoms with van der Waals surface area (Å²) < 4.78 is 2.77. The molecule has 1 aromatic rings. The number of hydrogen-bond acceptors (Lipinski definition) is 3. The molecule has 0 fully saturated rings. The van der Waals surface area contributed by atoms with Crippen LogP contribution in [0.1, 0.15) is 32.2 Å². The van der Waals surface area contributed by atoms with E-state index in [1.807, 2.05) is 36.4 Å². The first kappa shape index (κ1) is 15.0. The van der Waals surface area contributed by atoms with Gasteiger partial charge < -0.3 is 0 Å². The molecule has 2 nitrogen and oxygen atoms in total. The van der Waals surface area contributed by atoms with E-state index in [9.17, 15) is 9.59 Å². The monoisotopic (exact) mass is 428 g/mol. The van der Waals surface area contributed by atoms with Crippen molar-refractivity contribution in [3.63, 3.8) is 0 Å². The predicted molar refractivity (Wildman–Crippen MR) is 88.2 cm³/mol. The number of thiophene rings is 1. The van der Waals surface area contributed by atoms with Gasteiger partial charge in [-0.25, -0.2) is 0 Å². The minimum absolute atomic E-state index is 0.141. The fourth-order valence-electron chi connectivity index (χ4n) is 1.90. The molecule has 0 radical (unpaired) electrons. The molecule has 0 bridgehead atoms. The van der Waals surface area contributed by atoms with Gasteiger partial charge in [-0.1, -0.05) is 0 Å². The van der Waals surface area contributed by atoms with Gasteiger partial charge in [0.25, 0.3) is 0 Å². The molecule has 1 aromatic heterocycles. The Bertz CT molecular complexity index is 649. The molecule has 1 heterocycles. The number of allylic oxidation sites excluding steroid dienone is 8. The van der Waals surface area contributed by atoms with E-state index in [1.165, 1.54) is 20.3 Å². The Hall–Kier alpha value is -0.961. The Morgan fingerprint density at radius 2 is 1.33 bits per heavy atom. The Morgan fingerprint density at radius 1 is 0.857 bits per heavy atom. The molecule has 0 N–H and O–H groups in total. The van der Waals surface area contributed by atoms with E-state index in [-0.39, 0.29) is 39.3 Å². The molecule has 0 aliphatic heterocycles. The summed E-state index contributed by atoms with van der Waals surface area (Å²) in [7, 11) is 0. The van der Waals surface area contributed by atoms with Gasteiger partial charge >= 0.3 is 140 Å². The zero-order chi connectivity index (χ0) is 14.7. The summed E-state index contributed by atoms with van der Waals surface area (Å²) >= 11 is 1.07. The first-order valence-corrected chi connectivity index (χ1v) is 10.7. The number of rotatable bonds is 6. The van der Waals surface area contributed by atoms with Gasteiger partial charge in [0.1, 0.15) is 0 Å². The van der Waals surface area contributed by atoms with Crippen LogP contribution in [0.15, 0.2) is 57.5 Å². The van der Waals surface area contributed by atoms with Crippen molar-refractivity contribution in [2.75, 3.05) is 0 Å². The van der Waals surface area contributed by atoms with Gasteiger partial charge in [0.2, 0.25) is 0 Å². The van der Waals surface area contributed by atoms with Gasteiger partial charge in [0.15, 0.2) is 0 Å². The van der Waals surface area contributed by atoms with E-state index in [2.05, 4.69) is 12.2 Å². The van der Waals surface area contributed by atoms with Crippen molar-refractivity contribution in [1.29, 1.82) is 0 Å². The van der Waals surface area contributed by atoms with Gasteiger partial charge in [-0.2, -0.15) is 0 Å². The Balaban J connectivity index is 1.62. The molecular formula is C16H12O2SSe2. The molecular weight excluding hydrogens is 414 g/mol. The number of carbonyl (C=O) groups excluding carboxylic acids is 2. The van der Waals surface area contributed by atoms with Crippen molar-refractivity contribution >= 4 is 50.6 Å². The first-order chi connectivity index (χ1) is 10.2. The summed E-state index contributed by atoms with van der Waals surface area (Å²) in [5.41, 5.74) is 0. The van der Waals surface area contributed by atoms with Crippen LogP contribution in [0.4, 0.5) is 0 Å². The van der Waals surface area contributed by atoms with Crippen LogP contribution in [0.2, 0.25) is 0 Å². The zero-order valence-electron chi connectivity index (χ0n) is 11.1. The van der Waals surface area contributed by atoms with Gasteiger partial charge in [-0.05, 0) is 0 Å². The summed E-state index contributed by atoms with van der Waals surface area (Å²) in [4.78, 5) is 25.9. The fourth-order valence-corrected chi connectivity index (χ4v) is 6.61. The quantitative estimate of drug-likeness (QED) is 0.656. The van der Waals surface area contributed by atoms with Gasteiger partial charge in [-0.15, -0.1) is 0 Å². The third-order valence-corrected chi connectivity index (χ3v) is 8.67. The Labute approximate surface area is 140 Å². The molecule has 0 atom stereocenters. The molecule has 0 aromatic carbocycles. The summed E-state index contributed by atoms with van der Waals surface area (Å²) in [5.74, 6) is 0. The maximum atomic E-state index is 12.2.